The summed E-state index contributed by atoms with van der Waals surface area (Å²) in [6.07, 6.45) is 5.41. The minimum atomic E-state index is 1.12. The van der Waals surface area contributed by atoms with Gasteiger partial charge in [0.25, 0.3) is 0 Å². The van der Waals surface area contributed by atoms with Crippen LogP contribution in [0.3, 0.4) is 0 Å². The molecule has 0 aromatic rings. The fourth-order valence-corrected chi connectivity index (χ4v) is 0.820. The Bertz CT molecular complexity index is 192. The summed E-state index contributed by atoms with van der Waals surface area (Å²) in [5.74, 6) is 0. The highest BCUT2D eigenvalue weighted by atomic mass is 14.0. The van der Waals surface area contributed by atoms with Crippen LogP contribution >= 0.6 is 0 Å². The van der Waals surface area contributed by atoms with Gasteiger partial charge in [-0.25, -0.2) is 0 Å². The first-order chi connectivity index (χ1) is 5.11. The molecular weight excluding hydrogens is 132 g/mol. The van der Waals surface area contributed by atoms with Gasteiger partial charge in [-0.05, 0) is 32.8 Å². The molecule has 0 saturated heterocycles. The van der Waals surface area contributed by atoms with Crippen molar-refractivity contribution in [2.45, 2.75) is 34.1 Å². The Balaban J connectivity index is 4.45. The molecule has 0 unspecified atom stereocenters. The molecular formula is C11H18. The molecule has 0 bridgehead atoms. The average molecular weight is 150 g/mol. The zero-order valence-corrected chi connectivity index (χ0v) is 8.07. The van der Waals surface area contributed by atoms with E-state index in [0.29, 0.717) is 0 Å². The Kier molecular flexibility index (Phi) is 4.60. The lowest BCUT2D eigenvalue weighted by Gasteiger charge is -2.01. The van der Waals surface area contributed by atoms with E-state index in [1.165, 1.54) is 11.1 Å². The minimum Gasteiger partial charge on any atom is -0.0955 e. The van der Waals surface area contributed by atoms with Crippen LogP contribution in [0.25, 0.3) is 0 Å². The Hall–Kier alpha value is -0.780. The van der Waals surface area contributed by atoms with E-state index >= 15 is 0 Å². The quantitative estimate of drug-likeness (QED) is 0.536. The predicted octanol–water partition coefficient (Wildman–Crippen LogP) is 3.87. The minimum absolute atomic E-state index is 1.12. The Morgan fingerprint density at radius 2 is 1.91 bits per heavy atom. The standard InChI is InChI=1S/C11H18/c1-6-10(5)8-11(7-2)9(3)4/h7-8H,3,6H2,1-2,4-5H3/b10-8+,11-7+. The molecule has 62 valence electrons. The highest BCUT2D eigenvalue weighted by Crippen LogP contribution is 2.12. The molecule has 0 rings (SSSR count). The van der Waals surface area contributed by atoms with Gasteiger partial charge >= 0.3 is 0 Å². The molecule has 0 heteroatoms. The molecule has 0 heterocycles. The smallest absolute Gasteiger partial charge is 0.0277 e. The van der Waals surface area contributed by atoms with E-state index < -0.39 is 0 Å². The third-order valence-corrected chi connectivity index (χ3v) is 1.76. The molecule has 0 fully saturated rings. The fraction of sp³-hybridized carbons (Fsp3) is 0.455. The van der Waals surface area contributed by atoms with Crippen LogP contribution in [0.5, 0.6) is 0 Å². The average Bonchev–Trinajstić information content (AvgIpc) is 1.99. The monoisotopic (exact) mass is 150 g/mol. The van der Waals surface area contributed by atoms with E-state index in [1.54, 1.807) is 0 Å². The molecule has 0 spiro atoms. The molecule has 0 amide bonds. The lowest BCUT2D eigenvalue weighted by atomic mass is 10.1. The van der Waals surface area contributed by atoms with Gasteiger partial charge in [0, 0.05) is 0 Å². The summed E-state index contributed by atoms with van der Waals surface area (Å²) in [4.78, 5) is 0. The predicted molar refractivity (Wildman–Crippen MR) is 52.6 cm³/mol. The van der Waals surface area contributed by atoms with Crippen LogP contribution in [0.1, 0.15) is 34.1 Å². The molecule has 0 atom stereocenters. The molecule has 11 heavy (non-hydrogen) atoms. The largest absolute Gasteiger partial charge is 0.0955 e. The second kappa shape index (κ2) is 4.95. The van der Waals surface area contributed by atoms with Crippen molar-refractivity contribution in [2.24, 2.45) is 0 Å². The number of hydrogen-bond donors (Lipinski definition) is 0. The van der Waals surface area contributed by atoms with E-state index in [9.17, 15) is 0 Å². The lowest BCUT2D eigenvalue weighted by molar-refractivity contribution is 1.09. The summed E-state index contributed by atoms with van der Waals surface area (Å²) >= 11 is 0. The third-order valence-electron chi connectivity index (χ3n) is 1.76. The van der Waals surface area contributed by atoms with Crippen LogP contribution in [-0.2, 0) is 0 Å². The summed E-state index contributed by atoms with van der Waals surface area (Å²) in [6.45, 7) is 12.3. The number of rotatable bonds is 3. The van der Waals surface area contributed by atoms with E-state index in [2.05, 4.69) is 32.6 Å². The molecule has 0 aliphatic rings. The van der Waals surface area contributed by atoms with Crippen molar-refractivity contribution in [1.82, 2.24) is 0 Å². The maximum Gasteiger partial charge on any atom is -0.0277 e. The summed E-state index contributed by atoms with van der Waals surface area (Å²) in [6, 6.07) is 0. The van der Waals surface area contributed by atoms with E-state index in [-0.39, 0.29) is 0 Å². The van der Waals surface area contributed by atoms with Gasteiger partial charge in [-0.3, -0.25) is 0 Å². The van der Waals surface area contributed by atoms with Gasteiger partial charge in [0.1, 0.15) is 0 Å². The molecule has 0 aliphatic heterocycles. The Morgan fingerprint density at radius 1 is 1.36 bits per heavy atom. The van der Waals surface area contributed by atoms with Crippen LogP contribution in [0.15, 0.2) is 35.5 Å². The van der Waals surface area contributed by atoms with Crippen molar-refractivity contribution in [1.29, 1.82) is 0 Å². The van der Waals surface area contributed by atoms with E-state index in [1.807, 2.05) is 13.8 Å². The van der Waals surface area contributed by atoms with Crippen molar-refractivity contribution in [3.63, 3.8) is 0 Å². The summed E-state index contributed by atoms with van der Waals surface area (Å²) in [7, 11) is 0. The van der Waals surface area contributed by atoms with Gasteiger partial charge in [-0.1, -0.05) is 36.8 Å². The van der Waals surface area contributed by atoms with E-state index in [4.69, 9.17) is 0 Å². The number of allylic oxidation sites excluding steroid dienone is 5. The maximum atomic E-state index is 3.90. The van der Waals surface area contributed by atoms with Crippen molar-refractivity contribution >= 4 is 0 Å². The molecule has 0 N–H and O–H groups in total. The first-order valence-corrected chi connectivity index (χ1v) is 4.11. The first-order valence-electron chi connectivity index (χ1n) is 4.11. The molecule has 0 aromatic heterocycles. The van der Waals surface area contributed by atoms with E-state index in [0.717, 1.165) is 12.0 Å². The summed E-state index contributed by atoms with van der Waals surface area (Å²) < 4.78 is 0. The van der Waals surface area contributed by atoms with Gasteiger partial charge in [-0.2, -0.15) is 0 Å². The lowest BCUT2D eigenvalue weighted by Crippen LogP contribution is -1.80. The molecule has 0 saturated carbocycles. The van der Waals surface area contributed by atoms with Crippen LogP contribution in [0, 0.1) is 0 Å². The highest BCUT2D eigenvalue weighted by Gasteiger charge is 1.91. The van der Waals surface area contributed by atoms with Crippen LogP contribution in [-0.4, -0.2) is 0 Å². The molecule has 0 radical (unpaired) electrons. The normalized spacial score (nSPS) is 13.5. The Labute approximate surface area is 70.3 Å². The second-order valence-corrected chi connectivity index (χ2v) is 2.87. The topological polar surface area (TPSA) is 0 Å². The zero-order chi connectivity index (χ0) is 8.85. The van der Waals surface area contributed by atoms with Crippen LogP contribution in [0.4, 0.5) is 0 Å². The van der Waals surface area contributed by atoms with Gasteiger partial charge in [0.15, 0.2) is 0 Å². The highest BCUT2D eigenvalue weighted by molar-refractivity contribution is 5.37. The zero-order valence-electron chi connectivity index (χ0n) is 8.07. The maximum absolute atomic E-state index is 3.90. The molecule has 0 aliphatic carbocycles. The second-order valence-electron chi connectivity index (χ2n) is 2.87. The van der Waals surface area contributed by atoms with Crippen LogP contribution in [0.2, 0.25) is 0 Å². The molecule has 0 aromatic carbocycles. The van der Waals surface area contributed by atoms with Gasteiger partial charge in [0.05, 0.1) is 0 Å². The van der Waals surface area contributed by atoms with Crippen LogP contribution < -0.4 is 0 Å². The van der Waals surface area contributed by atoms with Gasteiger partial charge in [0.2, 0.25) is 0 Å². The molecule has 0 nitrogen and oxygen atoms in total. The van der Waals surface area contributed by atoms with Crippen molar-refractivity contribution in [3.8, 4) is 0 Å². The summed E-state index contributed by atoms with van der Waals surface area (Å²) in [5, 5.41) is 0. The van der Waals surface area contributed by atoms with Gasteiger partial charge < -0.3 is 0 Å². The van der Waals surface area contributed by atoms with Crippen molar-refractivity contribution < 1.29 is 0 Å². The first kappa shape index (κ1) is 10.2. The SMILES string of the molecule is C=C(C)C(/C=C(\C)CC)=C/C. The summed E-state index contributed by atoms with van der Waals surface area (Å²) in [5.41, 5.74) is 3.80. The van der Waals surface area contributed by atoms with Gasteiger partial charge in [-0.15, -0.1) is 0 Å². The van der Waals surface area contributed by atoms with Crippen molar-refractivity contribution in [2.75, 3.05) is 0 Å². The third kappa shape index (κ3) is 3.82. The Morgan fingerprint density at radius 3 is 2.18 bits per heavy atom. The fourth-order valence-electron chi connectivity index (χ4n) is 0.820. The van der Waals surface area contributed by atoms with Crippen molar-refractivity contribution in [3.05, 3.63) is 35.5 Å². The number of hydrogen-bond acceptors (Lipinski definition) is 0.